The number of aryl methyl sites for hydroxylation is 2. The molecule has 0 fully saturated rings. The third kappa shape index (κ3) is 7.47. The standard InChI is InChI=1S/C40H28N6O12S4/c1-23-3-11-27(12-4-23)61(53,54)57-37-21-36(46-42-34-18-10-26-8-16-30(60(50,51)52)20-32(26)40(34)44-46)38(58-62(55,56)28-13-5-24(2)6-14-28)22-35(37)45-41-33-17-9-25-7-15-29(59(47,48)49)19-31(25)39(33)43-45/h3-22H,1-2H3,(H,47,48,49)(H,50,51,52). The molecule has 9 rings (SSSR count). The van der Waals surface area contributed by atoms with Gasteiger partial charge in [-0.2, -0.15) is 33.7 Å². The molecule has 0 aliphatic rings. The van der Waals surface area contributed by atoms with Gasteiger partial charge < -0.3 is 8.37 Å². The Morgan fingerprint density at radius 3 is 1.13 bits per heavy atom. The van der Waals surface area contributed by atoms with E-state index >= 15 is 0 Å². The van der Waals surface area contributed by atoms with Crippen molar-refractivity contribution >= 4 is 84.1 Å². The summed E-state index contributed by atoms with van der Waals surface area (Å²) in [7, 11) is -18.6. The molecule has 0 atom stereocenters. The fraction of sp³-hybridized carbons (Fsp3) is 0.0500. The summed E-state index contributed by atoms with van der Waals surface area (Å²) in [5.41, 5.74) is 1.51. The van der Waals surface area contributed by atoms with Crippen LogP contribution in [0.2, 0.25) is 0 Å². The highest BCUT2D eigenvalue weighted by molar-refractivity contribution is 7.87. The molecule has 9 aromatic rings. The van der Waals surface area contributed by atoms with Gasteiger partial charge in [0, 0.05) is 22.9 Å². The molecule has 0 unspecified atom stereocenters. The first-order valence-electron chi connectivity index (χ1n) is 18.0. The van der Waals surface area contributed by atoms with E-state index < -0.39 is 61.8 Å². The van der Waals surface area contributed by atoms with Crippen molar-refractivity contribution in [3.63, 3.8) is 0 Å². The minimum Gasteiger partial charge on any atom is -0.376 e. The predicted molar refractivity (Wildman–Crippen MR) is 224 cm³/mol. The van der Waals surface area contributed by atoms with Crippen LogP contribution in [0.25, 0.3) is 55.0 Å². The van der Waals surface area contributed by atoms with Crippen LogP contribution in [0.3, 0.4) is 0 Å². The monoisotopic (exact) mass is 912 g/mol. The number of nitrogens with zero attached hydrogens (tertiary/aromatic N) is 6. The van der Waals surface area contributed by atoms with Crippen molar-refractivity contribution in [2.24, 2.45) is 0 Å². The largest absolute Gasteiger partial charge is 0.376 e. The summed E-state index contributed by atoms with van der Waals surface area (Å²) in [5.74, 6) is -0.965. The van der Waals surface area contributed by atoms with Crippen LogP contribution < -0.4 is 8.37 Å². The van der Waals surface area contributed by atoms with Gasteiger partial charge in [-0.05, 0) is 85.3 Å². The zero-order valence-corrected chi connectivity index (χ0v) is 35.1. The number of aromatic nitrogens is 6. The summed E-state index contributed by atoms with van der Waals surface area (Å²) in [4.78, 5) is 0.534. The van der Waals surface area contributed by atoms with Gasteiger partial charge in [-0.3, -0.25) is 9.11 Å². The number of benzene rings is 7. The lowest BCUT2D eigenvalue weighted by atomic mass is 10.1. The summed E-state index contributed by atoms with van der Waals surface area (Å²) in [6.07, 6.45) is 0. The van der Waals surface area contributed by atoms with Crippen LogP contribution in [0.5, 0.6) is 11.5 Å². The van der Waals surface area contributed by atoms with Crippen LogP contribution >= 0.6 is 0 Å². The second-order valence-electron chi connectivity index (χ2n) is 14.1. The van der Waals surface area contributed by atoms with Crippen LogP contribution in [-0.2, 0) is 40.5 Å². The molecule has 0 aliphatic heterocycles. The average molecular weight is 913 g/mol. The van der Waals surface area contributed by atoms with Crippen molar-refractivity contribution in [3.8, 4) is 22.9 Å². The van der Waals surface area contributed by atoms with Gasteiger partial charge in [-0.15, -0.1) is 30.0 Å². The highest BCUT2D eigenvalue weighted by atomic mass is 32.2. The lowest BCUT2D eigenvalue weighted by Gasteiger charge is -2.16. The molecule has 0 spiro atoms. The molecular formula is C40H28N6O12S4. The van der Waals surface area contributed by atoms with E-state index in [-0.39, 0.29) is 54.0 Å². The van der Waals surface area contributed by atoms with Crippen molar-refractivity contribution in [2.45, 2.75) is 33.4 Å². The van der Waals surface area contributed by atoms with E-state index in [0.717, 1.165) is 32.9 Å². The van der Waals surface area contributed by atoms with Crippen LogP contribution in [0.1, 0.15) is 11.1 Å². The number of hydrogen-bond donors (Lipinski definition) is 2. The first kappa shape index (κ1) is 40.6. The molecular weight excluding hydrogens is 885 g/mol. The van der Waals surface area contributed by atoms with Crippen LogP contribution in [0, 0.1) is 13.8 Å². The Hall–Kier alpha value is -6.82. The Bertz CT molecular complexity index is 3550. The van der Waals surface area contributed by atoms with E-state index in [0.29, 0.717) is 10.8 Å². The summed E-state index contributed by atoms with van der Waals surface area (Å²) in [6.45, 7) is 3.52. The van der Waals surface area contributed by atoms with Crippen LogP contribution in [0.15, 0.2) is 141 Å². The molecule has 0 radical (unpaired) electrons. The topological polar surface area (TPSA) is 257 Å². The van der Waals surface area contributed by atoms with Gasteiger partial charge in [0.2, 0.25) is 0 Å². The molecule has 2 N–H and O–H groups in total. The fourth-order valence-corrected chi connectivity index (χ4v) is 9.50. The van der Waals surface area contributed by atoms with Crippen molar-refractivity contribution in [1.29, 1.82) is 0 Å². The zero-order valence-electron chi connectivity index (χ0n) is 31.8. The molecule has 0 bridgehead atoms. The molecule has 314 valence electrons. The minimum absolute atomic E-state index is 0.107. The van der Waals surface area contributed by atoms with Gasteiger partial charge in [0.15, 0.2) is 11.5 Å². The zero-order chi connectivity index (χ0) is 43.9. The van der Waals surface area contributed by atoms with Gasteiger partial charge in [-0.25, -0.2) is 0 Å². The fourth-order valence-electron chi connectivity index (χ4n) is 6.62. The lowest BCUT2D eigenvalue weighted by molar-refractivity contribution is 0.471. The Kier molecular flexibility index (Phi) is 9.42. The smallest absolute Gasteiger partial charge is 0.339 e. The molecule has 0 saturated carbocycles. The van der Waals surface area contributed by atoms with E-state index in [4.69, 9.17) is 8.37 Å². The average Bonchev–Trinajstić information content (AvgIpc) is 3.86. The normalized spacial score (nSPS) is 12.7. The number of hydrogen-bond acceptors (Lipinski definition) is 14. The Morgan fingerprint density at radius 1 is 0.435 bits per heavy atom. The second kappa shape index (κ2) is 14.4. The maximum Gasteiger partial charge on any atom is 0.339 e. The van der Waals surface area contributed by atoms with E-state index in [1.165, 1.54) is 60.7 Å². The third-order valence-electron chi connectivity index (χ3n) is 9.77. The molecule has 0 aliphatic carbocycles. The molecule has 2 aromatic heterocycles. The number of rotatable bonds is 10. The quantitative estimate of drug-likeness (QED) is 0.116. The van der Waals surface area contributed by atoms with Crippen molar-refractivity contribution in [2.75, 3.05) is 0 Å². The molecule has 18 nitrogen and oxygen atoms in total. The molecule has 22 heteroatoms. The van der Waals surface area contributed by atoms with Gasteiger partial charge in [0.05, 0.1) is 9.79 Å². The first-order chi connectivity index (χ1) is 29.2. The Labute approximate surface area is 352 Å². The van der Waals surface area contributed by atoms with E-state index in [1.807, 2.05) is 0 Å². The summed E-state index contributed by atoms with van der Waals surface area (Å²) in [5, 5.41) is 19.6. The molecule has 0 amide bonds. The molecule has 0 saturated heterocycles. The first-order valence-corrected chi connectivity index (χ1v) is 23.7. The highest BCUT2D eigenvalue weighted by Crippen LogP contribution is 2.38. The van der Waals surface area contributed by atoms with Gasteiger partial charge >= 0.3 is 20.2 Å². The summed E-state index contributed by atoms with van der Waals surface area (Å²) < 4.78 is 135. The second-order valence-corrected chi connectivity index (χ2v) is 20.0. The van der Waals surface area contributed by atoms with E-state index in [1.54, 1.807) is 62.4 Å². The van der Waals surface area contributed by atoms with Gasteiger partial charge in [0.25, 0.3) is 20.2 Å². The third-order valence-corrected chi connectivity index (χ3v) is 14.0. The predicted octanol–water partition coefficient (Wildman–Crippen LogP) is 6.11. The highest BCUT2D eigenvalue weighted by Gasteiger charge is 2.28. The van der Waals surface area contributed by atoms with Gasteiger partial charge in [-0.1, -0.05) is 59.7 Å². The molecule has 2 heterocycles. The SMILES string of the molecule is Cc1ccc(S(=O)(=O)Oc2cc(-n3nc4ccc5ccc(S(=O)(=O)O)cc5c4n3)c(OS(=O)(=O)c3ccc(C)cc3)cc2-n2nc3ccc4ccc(S(=O)(=O)O)cc4c3n2)cc1. The minimum atomic E-state index is -4.67. The Morgan fingerprint density at radius 2 is 0.774 bits per heavy atom. The maximum absolute atomic E-state index is 14.0. The summed E-state index contributed by atoms with van der Waals surface area (Å²) >= 11 is 0. The van der Waals surface area contributed by atoms with E-state index in [2.05, 4.69) is 20.4 Å². The molecule has 7 aromatic carbocycles. The summed E-state index contributed by atoms with van der Waals surface area (Å²) in [6, 6.07) is 27.7. The Balaban J connectivity index is 1.32. The van der Waals surface area contributed by atoms with E-state index in [9.17, 15) is 42.8 Å². The maximum atomic E-state index is 14.0. The van der Waals surface area contributed by atoms with Crippen LogP contribution in [-0.4, -0.2) is 72.8 Å². The van der Waals surface area contributed by atoms with Crippen molar-refractivity contribution in [1.82, 2.24) is 30.0 Å². The van der Waals surface area contributed by atoms with Crippen molar-refractivity contribution < 1.29 is 51.1 Å². The molecule has 62 heavy (non-hydrogen) atoms. The number of fused-ring (bicyclic) bond motifs is 6. The van der Waals surface area contributed by atoms with Crippen molar-refractivity contribution in [3.05, 3.63) is 132 Å². The lowest BCUT2D eigenvalue weighted by Crippen LogP contribution is -2.16. The van der Waals surface area contributed by atoms with Crippen LogP contribution in [0.4, 0.5) is 0 Å². The van der Waals surface area contributed by atoms with Gasteiger partial charge in [0.1, 0.15) is 43.2 Å².